The first-order valence-electron chi connectivity index (χ1n) is 9.89. The van der Waals surface area contributed by atoms with Gasteiger partial charge in [-0.05, 0) is 26.0 Å². The number of ether oxygens (including phenoxy) is 2. The van der Waals surface area contributed by atoms with Crippen LogP contribution in [0.25, 0.3) is 11.4 Å². The smallest absolute Gasteiger partial charge is 0.292 e. The van der Waals surface area contributed by atoms with Crippen LogP contribution in [0.5, 0.6) is 0 Å². The molecule has 2 aliphatic heterocycles. The summed E-state index contributed by atoms with van der Waals surface area (Å²) >= 11 is 0. The summed E-state index contributed by atoms with van der Waals surface area (Å²) in [4.78, 5) is 22.5. The average Bonchev–Trinajstić information content (AvgIpc) is 3.05. The number of hydrogen-bond acceptors (Lipinski definition) is 9. The van der Waals surface area contributed by atoms with Gasteiger partial charge in [-0.15, -0.1) is 0 Å². The van der Waals surface area contributed by atoms with Crippen LogP contribution in [0.3, 0.4) is 0 Å². The first kappa shape index (κ1) is 20.5. The number of nitrogens with zero attached hydrogens (tertiary/aromatic N) is 4. The third-order valence-corrected chi connectivity index (χ3v) is 5.74. The number of hydrogen-bond donors (Lipinski definition) is 2. The standard InChI is InChI=1S/C20H25N5O5/c1-12-10-29-8-6-24(12)19-14-11-30-20(2,5-7-26)17(14)22-18(23-19)13-3-4-15(21)16(9-13)25(27)28/h3-4,9,12,26H,5-8,10-11,21H2,1-2H3/t12-,20?/m0/s1. The van der Waals surface area contributed by atoms with E-state index < -0.39 is 10.5 Å². The summed E-state index contributed by atoms with van der Waals surface area (Å²) in [5, 5.41) is 20.9. The van der Waals surface area contributed by atoms with Crippen molar-refractivity contribution in [3.05, 3.63) is 39.6 Å². The Kier molecular flexibility index (Phi) is 5.31. The molecule has 160 valence electrons. The maximum absolute atomic E-state index is 11.4. The highest BCUT2D eigenvalue weighted by Gasteiger charge is 2.41. The minimum absolute atomic E-state index is 0.0497. The Hall–Kier alpha value is -2.82. The maximum atomic E-state index is 11.4. The normalized spacial score (nSPS) is 23.4. The van der Waals surface area contributed by atoms with E-state index in [-0.39, 0.29) is 24.0 Å². The van der Waals surface area contributed by atoms with Gasteiger partial charge in [-0.25, -0.2) is 9.97 Å². The lowest BCUT2D eigenvalue weighted by molar-refractivity contribution is -0.383. The zero-order chi connectivity index (χ0) is 21.5. The van der Waals surface area contributed by atoms with Gasteiger partial charge < -0.3 is 25.2 Å². The lowest BCUT2D eigenvalue weighted by atomic mass is 9.96. The third-order valence-electron chi connectivity index (χ3n) is 5.74. The Balaban J connectivity index is 1.89. The second kappa shape index (κ2) is 7.78. The Morgan fingerprint density at radius 2 is 2.23 bits per heavy atom. The summed E-state index contributed by atoms with van der Waals surface area (Å²) in [6.07, 6.45) is 0.385. The zero-order valence-electron chi connectivity index (χ0n) is 17.0. The van der Waals surface area contributed by atoms with E-state index in [1.807, 2.05) is 6.92 Å². The molecule has 4 rings (SSSR count). The minimum Gasteiger partial charge on any atom is -0.396 e. The van der Waals surface area contributed by atoms with Gasteiger partial charge >= 0.3 is 0 Å². The Morgan fingerprint density at radius 3 is 2.93 bits per heavy atom. The Labute approximate surface area is 173 Å². The lowest BCUT2D eigenvalue weighted by Crippen LogP contribution is -2.44. The van der Waals surface area contributed by atoms with Crippen molar-refractivity contribution in [2.45, 2.75) is 38.5 Å². The number of nitrogens with two attached hydrogens (primary N) is 1. The molecule has 0 aliphatic carbocycles. The Morgan fingerprint density at radius 1 is 1.43 bits per heavy atom. The number of nitro benzene ring substituents is 1. The summed E-state index contributed by atoms with van der Waals surface area (Å²) in [5.41, 5.74) is 6.98. The van der Waals surface area contributed by atoms with Crippen LogP contribution < -0.4 is 10.6 Å². The van der Waals surface area contributed by atoms with Crippen molar-refractivity contribution >= 4 is 17.2 Å². The van der Waals surface area contributed by atoms with Gasteiger partial charge in [0.1, 0.15) is 17.1 Å². The number of rotatable bonds is 5. The molecule has 0 bridgehead atoms. The average molecular weight is 415 g/mol. The van der Waals surface area contributed by atoms with Gasteiger partial charge in [0.25, 0.3) is 5.69 Å². The largest absolute Gasteiger partial charge is 0.396 e. The first-order chi connectivity index (χ1) is 14.3. The molecule has 0 radical (unpaired) electrons. The monoisotopic (exact) mass is 415 g/mol. The summed E-state index contributed by atoms with van der Waals surface area (Å²) in [6, 6.07) is 4.67. The molecule has 0 spiro atoms. The molecule has 0 saturated carbocycles. The van der Waals surface area contributed by atoms with E-state index in [9.17, 15) is 15.2 Å². The molecule has 0 amide bonds. The van der Waals surface area contributed by atoms with Crippen LogP contribution in [0.1, 0.15) is 31.5 Å². The van der Waals surface area contributed by atoms with E-state index in [0.29, 0.717) is 49.9 Å². The van der Waals surface area contributed by atoms with Crippen LogP contribution in [-0.2, 0) is 21.7 Å². The van der Waals surface area contributed by atoms with Gasteiger partial charge in [-0.2, -0.15) is 0 Å². The molecule has 3 heterocycles. The van der Waals surface area contributed by atoms with Crippen LogP contribution in [0, 0.1) is 10.1 Å². The number of nitrogen functional groups attached to an aromatic ring is 1. The number of morpholine rings is 1. The van der Waals surface area contributed by atoms with E-state index in [2.05, 4.69) is 11.8 Å². The van der Waals surface area contributed by atoms with E-state index in [0.717, 1.165) is 11.4 Å². The number of aromatic nitrogens is 2. The maximum Gasteiger partial charge on any atom is 0.292 e. The predicted octanol–water partition coefficient (Wildman–Crippen LogP) is 1.99. The summed E-state index contributed by atoms with van der Waals surface area (Å²) < 4.78 is 11.6. The second-order valence-electron chi connectivity index (χ2n) is 7.84. The van der Waals surface area contributed by atoms with E-state index in [1.165, 1.54) is 12.1 Å². The third kappa shape index (κ3) is 3.47. The molecule has 3 N–H and O–H groups in total. The van der Waals surface area contributed by atoms with Gasteiger partial charge in [0.15, 0.2) is 5.82 Å². The first-order valence-corrected chi connectivity index (χ1v) is 9.89. The fourth-order valence-electron chi connectivity index (χ4n) is 4.00. The quantitative estimate of drug-likeness (QED) is 0.426. The molecule has 1 saturated heterocycles. The van der Waals surface area contributed by atoms with Crippen LogP contribution >= 0.6 is 0 Å². The SMILES string of the molecule is C[C@H]1COCCN1c1nc(-c2ccc(N)c([N+](=O)[O-])c2)nc2c1COC2(C)CCO. The number of aliphatic hydroxyl groups is 1. The number of aliphatic hydroxyl groups excluding tert-OH is 1. The molecule has 2 aromatic rings. The van der Waals surface area contributed by atoms with Crippen molar-refractivity contribution in [2.75, 3.05) is 37.0 Å². The fraction of sp³-hybridized carbons (Fsp3) is 0.500. The van der Waals surface area contributed by atoms with Gasteiger partial charge in [0.2, 0.25) is 0 Å². The predicted molar refractivity (Wildman–Crippen MR) is 110 cm³/mol. The van der Waals surface area contributed by atoms with E-state index >= 15 is 0 Å². The van der Waals surface area contributed by atoms with Crippen molar-refractivity contribution in [1.82, 2.24) is 9.97 Å². The van der Waals surface area contributed by atoms with Crippen LogP contribution in [-0.4, -0.2) is 52.4 Å². The number of nitro groups is 1. The van der Waals surface area contributed by atoms with Gasteiger partial charge in [-0.3, -0.25) is 10.1 Å². The van der Waals surface area contributed by atoms with Crippen LogP contribution in [0.2, 0.25) is 0 Å². The van der Waals surface area contributed by atoms with E-state index in [4.69, 9.17) is 25.2 Å². The van der Waals surface area contributed by atoms with Crippen molar-refractivity contribution in [3.8, 4) is 11.4 Å². The van der Waals surface area contributed by atoms with Crippen molar-refractivity contribution < 1.29 is 19.5 Å². The van der Waals surface area contributed by atoms with Crippen molar-refractivity contribution in [3.63, 3.8) is 0 Å². The molecular formula is C20H25N5O5. The molecule has 2 aliphatic rings. The summed E-state index contributed by atoms with van der Waals surface area (Å²) in [5.74, 6) is 1.10. The van der Waals surface area contributed by atoms with Gasteiger partial charge in [0.05, 0.1) is 36.5 Å². The Bertz CT molecular complexity index is 984. The van der Waals surface area contributed by atoms with Gasteiger partial charge in [-0.1, -0.05) is 0 Å². The molecule has 2 atom stereocenters. The summed E-state index contributed by atoms with van der Waals surface area (Å²) in [6.45, 7) is 6.08. The second-order valence-corrected chi connectivity index (χ2v) is 7.84. The molecule has 1 aromatic heterocycles. The molecule has 1 fully saturated rings. The van der Waals surface area contributed by atoms with Crippen LogP contribution in [0.15, 0.2) is 18.2 Å². The fourth-order valence-corrected chi connectivity index (χ4v) is 4.00. The highest BCUT2D eigenvalue weighted by molar-refractivity contribution is 5.70. The molecular weight excluding hydrogens is 390 g/mol. The van der Waals surface area contributed by atoms with Crippen molar-refractivity contribution in [1.29, 1.82) is 0 Å². The lowest BCUT2D eigenvalue weighted by Gasteiger charge is -2.35. The molecule has 10 nitrogen and oxygen atoms in total. The highest BCUT2D eigenvalue weighted by Crippen LogP contribution is 2.43. The van der Waals surface area contributed by atoms with Crippen LogP contribution in [0.4, 0.5) is 17.2 Å². The molecule has 30 heavy (non-hydrogen) atoms. The highest BCUT2D eigenvalue weighted by atomic mass is 16.6. The molecule has 10 heteroatoms. The number of benzene rings is 1. The number of fused-ring (bicyclic) bond motifs is 1. The minimum atomic E-state index is -0.758. The van der Waals surface area contributed by atoms with Crippen molar-refractivity contribution in [2.24, 2.45) is 0 Å². The molecule has 1 aromatic carbocycles. The topological polar surface area (TPSA) is 137 Å². The zero-order valence-corrected chi connectivity index (χ0v) is 17.0. The molecule has 1 unspecified atom stereocenters. The van der Waals surface area contributed by atoms with Gasteiger partial charge in [0, 0.05) is 36.8 Å². The number of anilines is 2. The summed E-state index contributed by atoms with van der Waals surface area (Å²) in [7, 11) is 0. The van der Waals surface area contributed by atoms with E-state index in [1.54, 1.807) is 6.07 Å².